The number of benzene rings is 1. The van der Waals surface area contributed by atoms with Crippen molar-refractivity contribution in [3.8, 4) is 17.0 Å². The second-order valence-electron chi connectivity index (χ2n) is 4.91. The molecule has 5 heteroatoms. The SMILES string of the molecule is Cc1cc(-c2cc3ncccc3c(=O)[nH]2)cc(C)c1O.Cl. The summed E-state index contributed by atoms with van der Waals surface area (Å²) in [7, 11) is 0. The number of hydrogen-bond acceptors (Lipinski definition) is 3. The van der Waals surface area contributed by atoms with E-state index in [1.807, 2.05) is 32.0 Å². The van der Waals surface area contributed by atoms with Gasteiger partial charge in [-0.2, -0.15) is 0 Å². The molecule has 0 amide bonds. The summed E-state index contributed by atoms with van der Waals surface area (Å²) in [4.78, 5) is 19.1. The van der Waals surface area contributed by atoms with E-state index < -0.39 is 0 Å². The van der Waals surface area contributed by atoms with Crippen molar-refractivity contribution in [2.75, 3.05) is 0 Å². The van der Waals surface area contributed by atoms with Crippen molar-refractivity contribution in [2.45, 2.75) is 13.8 Å². The molecule has 0 bridgehead atoms. The van der Waals surface area contributed by atoms with Gasteiger partial charge in [0.2, 0.25) is 0 Å². The molecule has 0 unspecified atom stereocenters. The Morgan fingerprint density at radius 1 is 1.14 bits per heavy atom. The minimum Gasteiger partial charge on any atom is -0.507 e. The normalized spacial score (nSPS) is 10.4. The van der Waals surface area contributed by atoms with E-state index in [9.17, 15) is 9.90 Å². The van der Waals surface area contributed by atoms with Crippen LogP contribution in [0.15, 0.2) is 41.3 Å². The lowest BCUT2D eigenvalue weighted by Gasteiger charge is -2.08. The first-order valence-corrected chi connectivity index (χ1v) is 6.35. The van der Waals surface area contributed by atoms with Gasteiger partial charge in [0.15, 0.2) is 0 Å². The molecule has 2 heterocycles. The van der Waals surface area contributed by atoms with Gasteiger partial charge in [-0.25, -0.2) is 0 Å². The fourth-order valence-corrected chi connectivity index (χ4v) is 2.35. The lowest BCUT2D eigenvalue weighted by Crippen LogP contribution is -2.07. The van der Waals surface area contributed by atoms with E-state index in [0.717, 1.165) is 16.7 Å². The predicted octanol–water partition coefficient (Wildman–Crippen LogP) is 3.33. The Hall–Kier alpha value is -2.33. The predicted molar refractivity (Wildman–Crippen MR) is 86.2 cm³/mol. The number of nitrogens with zero attached hydrogens (tertiary/aromatic N) is 1. The van der Waals surface area contributed by atoms with E-state index in [1.54, 1.807) is 18.3 Å². The third kappa shape index (κ3) is 2.62. The summed E-state index contributed by atoms with van der Waals surface area (Å²) in [5.74, 6) is 0.287. The van der Waals surface area contributed by atoms with Crippen LogP contribution in [0, 0.1) is 13.8 Å². The minimum atomic E-state index is -0.158. The Bertz CT molecular complexity index is 849. The van der Waals surface area contributed by atoms with Gasteiger partial charge in [0.1, 0.15) is 5.75 Å². The van der Waals surface area contributed by atoms with Gasteiger partial charge in [-0.3, -0.25) is 9.78 Å². The van der Waals surface area contributed by atoms with Gasteiger partial charge in [0, 0.05) is 6.20 Å². The van der Waals surface area contributed by atoms with E-state index in [4.69, 9.17) is 0 Å². The summed E-state index contributed by atoms with van der Waals surface area (Å²) in [6.45, 7) is 3.67. The molecule has 2 aromatic heterocycles. The number of phenols is 1. The standard InChI is InChI=1S/C16H14N2O2.ClH/c1-9-6-11(7-10(2)15(9)19)13-8-14-12(16(20)18-13)4-3-5-17-14;/h3-8,19H,1-2H3,(H,18,20);1H. The summed E-state index contributed by atoms with van der Waals surface area (Å²) in [6, 6.07) is 9.04. The molecule has 0 saturated heterocycles. The van der Waals surface area contributed by atoms with Crippen LogP contribution in [-0.4, -0.2) is 15.1 Å². The Kier molecular flexibility index (Phi) is 4.00. The van der Waals surface area contributed by atoms with Gasteiger partial charge >= 0.3 is 0 Å². The van der Waals surface area contributed by atoms with Gasteiger partial charge in [-0.15, -0.1) is 12.4 Å². The molecule has 0 radical (unpaired) electrons. The highest BCUT2D eigenvalue weighted by Gasteiger charge is 2.08. The molecule has 4 nitrogen and oxygen atoms in total. The molecule has 2 N–H and O–H groups in total. The quantitative estimate of drug-likeness (QED) is 0.724. The Balaban J connectivity index is 0.00000161. The van der Waals surface area contributed by atoms with E-state index in [0.29, 0.717) is 16.6 Å². The van der Waals surface area contributed by atoms with Crippen LogP contribution < -0.4 is 5.56 Å². The largest absolute Gasteiger partial charge is 0.507 e. The van der Waals surface area contributed by atoms with Crippen LogP contribution in [0.1, 0.15) is 11.1 Å². The average molecular weight is 303 g/mol. The molecule has 0 aliphatic rings. The summed E-state index contributed by atoms with van der Waals surface area (Å²) >= 11 is 0. The number of phenolic OH excluding ortho intramolecular Hbond substituents is 1. The summed E-state index contributed by atoms with van der Waals surface area (Å²) in [6.07, 6.45) is 1.67. The highest BCUT2D eigenvalue weighted by Crippen LogP contribution is 2.28. The fourth-order valence-electron chi connectivity index (χ4n) is 2.35. The molecule has 3 rings (SSSR count). The number of pyridine rings is 2. The maximum Gasteiger partial charge on any atom is 0.257 e. The van der Waals surface area contributed by atoms with Crippen LogP contribution in [0.4, 0.5) is 0 Å². The van der Waals surface area contributed by atoms with Crippen molar-refractivity contribution in [3.63, 3.8) is 0 Å². The zero-order valence-corrected chi connectivity index (χ0v) is 12.5. The van der Waals surface area contributed by atoms with E-state index in [1.165, 1.54) is 0 Å². The Morgan fingerprint density at radius 2 is 1.81 bits per heavy atom. The number of hydrogen-bond donors (Lipinski definition) is 2. The maximum absolute atomic E-state index is 12.1. The monoisotopic (exact) mass is 302 g/mol. The first-order valence-electron chi connectivity index (χ1n) is 6.35. The Morgan fingerprint density at radius 3 is 2.48 bits per heavy atom. The number of aromatic hydroxyl groups is 1. The number of rotatable bonds is 1. The van der Waals surface area contributed by atoms with Crippen molar-refractivity contribution in [1.82, 2.24) is 9.97 Å². The molecule has 0 aliphatic heterocycles. The molecular weight excluding hydrogens is 288 g/mol. The molecule has 0 aliphatic carbocycles. The van der Waals surface area contributed by atoms with E-state index in [-0.39, 0.29) is 23.7 Å². The van der Waals surface area contributed by atoms with E-state index in [2.05, 4.69) is 9.97 Å². The van der Waals surface area contributed by atoms with Crippen molar-refractivity contribution < 1.29 is 5.11 Å². The number of fused-ring (bicyclic) bond motifs is 1. The number of nitrogens with one attached hydrogen (secondary N) is 1. The first-order chi connectivity index (χ1) is 9.56. The molecule has 0 fully saturated rings. The molecule has 21 heavy (non-hydrogen) atoms. The van der Waals surface area contributed by atoms with Crippen molar-refractivity contribution in [2.24, 2.45) is 0 Å². The maximum atomic E-state index is 12.1. The minimum absolute atomic E-state index is 0. The number of H-pyrrole nitrogens is 1. The molecular formula is C16H15ClN2O2. The number of aromatic nitrogens is 2. The molecule has 0 atom stereocenters. The summed E-state index contributed by atoms with van der Waals surface area (Å²) in [5, 5.41) is 10.4. The lowest BCUT2D eigenvalue weighted by molar-refractivity contribution is 0.467. The van der Waals surface area contributed by atoms with E-state index >= 15 is 0 Å². The van der Waals surface area contributed by atoms with Gasteiger partial charge < -0.3 is 10.1 Å². The molecule has 108 valence electrons. The molecule has 1 aromatic carbocycles. The van der Waals surface area contributed by atoms with Crippen LogP contribution >= 0.6 is 12.4 Å². The van der Waals surface area contributed by atoms with Crippen molar-refractivity contribution in [1.29, 1.82) is 0 Å². The van der Waals surface area contributed by atoms with Gasteiger partial charge in [0.05, 0.1) is 16.6 Å². The van der Waals surface area contributed by atoms with Gasteiger partial charge in [-0.05, 0) is 60.9 Å². The topological polar surface area (TPSA) is 66.0 Å². The number of halogens is 1. The number of aromatic amines is 1. The van der Waals surface area contributed by atoms with Gasteiger partial charge in [0.25, 0.3) is 5.56 Å². The van der Waals surface area contributed by atoms with Crippen molar-refractivity contribution in [3.05, 3.63) is 58.0 Å². The van der Waals surface area contributed by atoms with Crippen LogP contribution in [-0.2, 0) is 0 Å². The second kappa shape index (κ2) is 5.58. The third-order valence-electron chi connectivity index (χ3n) is 3.41. The average Bonchev–Trinajstić information content (AvgIpc) is 2.44. The smallest absolute Gasteiger partial charge is 0.257 e. The van der Waals surface area contributed by atoms with Gasteiger partial charge in [-0.1, -0.05) is 0 Å². The molecule has 3 aromatic rings. The lowest BCUT2D eigenvalue weighted by atomic mass is 10.0. The van der Waals surface area contributed by atoms with Crippen LogP contribution in [0.3, 0.4) is 0 Å². The summed E-state index contributed by atoms with van der Waals surface area (Å²) < 4.78 is 0. The number of aryl methyl sites for hydroxylation is 2. The fraction of sp³-hybridized carbons (Fsp3) is 0.125. The molecule has 0 spiro atoms. The second-order valence-corrected chi connectivity index (χ2v) is 4.91. The highest BCUT2D eigenvalue weighted by molar-refractivity contribution is 5.85. The molecule has 0 saturated carbocycles. The Labute approximate surface area is 127 Å². The zero-order chi connectivity index (χ0) is 14.3. The van der Waals surface area contributed by atoms with Crippen LogP contribution in [0.25, 0.3) is 22.2 Å². The van der Waals surface area contributed by atoms with Crippen molar-refractivity contribution >= 4 is 23.3 Å². The van der Waals surface area contributed by atoms with Crippen LogP contribution in [0.5, 0.6) is 5.75 Å². The van der Waals surface area contributed by atoms with Crippen LogP contribution in [0.2, 0.25) is 0 Å². The third-order valence-corrected chi connectivity index (χ3v) is 3.41. The first kappa shape index (κ1) is 15.1. The summed E-state index contributed by atoms with van der Waals surface area (Å²) in [5.41, 5.74) is 3.63. The zero-order valence-electron chi connectivity index (χ0n) is 11.7. The highest BCUT2D eigenvalue weighted by atomic mass is 35.5.